The Hall–Kier alpha value is -2.75. The first-order chi connectivity index (χ1) is 11.5. The predicted molar refractivity (Wildman–Crippen MR) is 90.0 cm³/mol. The molecule has 0 atom stereocenters. The van der Waals surface area contributed by atoms with E-state index in [0.29, 0.717) is 6.54 Å². The Bertz CT molecular complexity index is 772. The van der Waals surface area contributed by atoms with Crippen molar-refractivity contribution in [3.63, 3.8) is 0 Å². The largest absolute Gasteiger partial charge is 0.459 e. The first-order valence-corrected chi connectivity index (χ1v) is 8.14. The van der Waals surface area contributed by atoms with Gasteiger partial charge in [0.1, 0.15) is 0 Å². The van der Waals surface area contributed by atoms with E-state index in [2.05, 4.69) is 20.6 Å². The molecule has 0 radical (unpaired) electrons. The minimum Gasteiger partial charge on any atom is -0.459 e. The van der Waals surface area contributed by atoms with Gasteiger partial charge in [0.2, 0.25) is 5.91 Å². The van der Waals surface area contributed by atoms with Gasteiger partial charge in [-0.1, -0.05) is 18.7 Å². The molecule has 2 aromatic rings. The molecule has 128 valence electrons. The Balaban J connectivity index is 2.04. The number of amides is 2. The molecule has 5 N–H and O–H groups in total. The second-order valence-electron chi connectivity index (χ2n) is 4.70. The number of H-pyrrole nitrogens is 1. The molecule has 0 saturated heterocycles. The van der Waals surface area contributed by atoms with E-state index < -0.39 is 11.5 Å². The molecule has 0 bridgehead atoms. The maximum atomic E-state index is 12.0. The number of carbonyl (C=O) groups is 2. The van der Waals surface area contributed by atoms with Crippen molar-refractivity contribution in [3.8, 4) is 0 Å². The average Bonchev–Trinajstić information content (AvgIpc) is 3.08. The first kappa shape index (κ1) is 17.6. The van der Waals surface area contributed by atoms with Crippen molar-refractivity contribution in [1.29, 1.82) is 0 Å². The van der Waals surface area contributed by atoms with Gasteiger partial charge >= 0.3 is 0 Å². The summed E-state index contributed by atoms with van der Waals surface area (Å²) in [6.45, 7) is 2.53. The fourth-order valence-electron chi connectivity index (χ4n) is 1.69. The van der Waals surface area contributed by atoms with Crippen molar-refractivity contribution >= 4 is 35.1 Å². The van der Waals surface area contributed by atoms with Gasteiger partial charge in [0.15, 0.2) is 22.4 Å². The summed E-state index contributed by atoms with van der Waals surface area (Å²) >= 11 is 1.04. The number of hydrogen-bond donors (Lipinski definition) is 4. The predicted octanol–water partition coefficient (Wildman–Crippen LogP) is 0.816. The number of anilines is 2. The van der Waals surface area contributed by atoms with Crippen LogP contribution in [0.3, 0.4) is 0 Å². The van der Waals surface area contributed by atoms with Gasteiger partial charge in [0.25, 0.3) is 11.5 Å². The van der Waals surface area contributed by atoms with Crippen LogP contribution in [0.15, 0.2) is 32.8 Å². The molecule has 0 saturated carbocycles. The van der Waals surface area contributed by atoms with Crippen LogP contribution in [0.4, 0.5) is 11.5 Å². The van der Waals surface area contributed by atoms with E-state index in [1.54, 1.807) is 6.07 Å². The number of aromatic amines is 1. The molecule has 2 aromatic heterocycles. The topological polar surface area (TPSA) is 143 Å². The summed E-state index contributed by atoms with van der Waals surface area (Å²) in [6, 6.07) is 3.00. The Kier molecular flexibility index (Phi) is 6.01. The summed E-state index contributed by atoms with van der Waals surface area (Å²) in [5, 5.41) is 5.25. The van der Waals surface area contributed by atoms with Gasteiger partial charge < -0.3 is 20.8 Å². The molecule has 0 aliphatic rings. The van der Waals surface area contributed by atoms with Gasteiger partial charge in [-0.05, 0) is 18.6 Å². The highest BCUT2D eigenvalue weighted by molar-refractivity contribution is 7.99. The van der Waals surface area contributed by atoms with Crippen LogP contribution in [-0.2, 0) is 4.79 Å². The van der Waals surface area contributed by atoms with Crippen LogP contribution < -0.4 is 21.9 Å². The normalized spacial score (nSPS) is 10.4. The highest BCUT2D eigenvalue weighted by atomic mass is 32.2. The second-order valence-corrected chi connectivity index (χ2v) is 5.67. The molecule has 0 aromatic carbocycles. The second kappa shape index (κ2) is 8.20. The summed E-state index contributed by atoms with van der Waals surface area (Å²) in [4.78, 5) is 41.9. The summed E-state index contributed by atoms with van der Waals surface area (Å²) in [6.07, 6.45) is 2.17. The van der Waals surface area contributed by atoms with Crippen LogP contribution >= 0.6 is 11.8 Å². The van der Waals surface area contributed by atoms with Crippen molar-refractivity contribution in [2.75, 3.05) is 23.3 Å². The number of nitrogen functional groups attached to an aromatic ring is 1. The number of thioether (sulfide) groups is 1. The van der Waals surface area contributed by atoms with E-state index in [0.717, 1.165) is 18.2 Å². The maximum Gasteiger partial charge on any atom is 0.291 e. The third-order valence-electron chi connectivity index (χ3n) is 2.82. The lowest BCUT2D eigenvalue weighted by atomic mass is 10.4. The van der Waals surface area contributed by atoms with Crippen molar-refractivity contribution in [1.82, 2.24) is 15.3 Å². The van der Waals surface area contributed by atoms with E-state index in [-0.39, 0.29) is 34.1 Å². The molecular formula is C14H17N5O4S. The van der Waals surface area contributed by atoms with E-state index in [1.807, 2.05) is 6.92 Å². The molecule has 2 heterocycles. The lowest BCUT2D eigenvalue weighted by Crippen LogP contribution is -2.26. The summed E-state index contributed by atoms with van der Waals surface area (Å²) in [7, 11) is 0. The van der Waals surface area contributed by atoms with E-state index >= 15 is 0 Å². The maximum absolute atomic E-state index is 12.0. The van der Waals surface area contributed by atoms with Gasteiger partial charge in [0.05, 0.1) is 12.0 Å². The number of furan rings is 1. The molecular weight excluding hydrogens is 334 g/mol. The molecule has 9 nitrogen and oxygen atoms in total. The molecule has 2 amide bonds. The molecule has 0 unspecified atom stereocenters. The van der Waals surface area contributed by atoms with E-state index in [4.69, 9.17) is 10.2 Å². The Morgan fingerprint density at radius 2 is 2.25 bits per heavy atom. The fraction of sp³-hybridized carbons (Fsp3) is 0.286. The molecule has 10 heteroatoms. The standard InChI is InChI=1S/C14H17N5O4S/c1-2-5-16-9(20)7-24-14-18-11(15)10(13(22)19-14)17-12(21)8-4-3-6-23-8/h3-4,6H,2,5,7H2,1H3,(H,16,20)(H,17,21)(H3,15,18,19,22). The van der Waals surface area contributed by atoms with Crippen LogP contribution in [0.5, 0.6) is 0 Å². The number of aromatic nitrogens is 2. The molecule has 0 fully saturated rings. The van der Waals surface area contributed by atoms with Gasteiger partial charge in [-0.25, -0.2) is 4.98 Å². The van der Waals surface area contributed by atoms with Crippen molar-refractivity contribution in [2.45, 2.75) is 18.5 Å². The smallest absolute Gasteiger partial charge is 0.291 e. The highest BCUT2D eigenvalue weighted by Gasteiger charge is 2.16. The Morgan fingerprint density at radius 1 is 1.46 bits per heavy atom. The first-order valence-electron chi connectivity index (χ1n) is 7.15. The monoisotopic (exact) mass is 351 g/mol. The van der Waals surface area contributed by atoms with Gasteiger partial charge in [-0.2, -0.15) is 0 Å². The molecule has 24 heavy (non-hydrogen) atoms. The highest BCUT2D eigenvalue weighted by Crippen LogP contribution is 2.17. The number of carbonyl (C=O) groups excluding carboxylic acids is 2. The number of nitrogens with two attached hydrogens (primary N) is 1. The minimum atomic E-state index is -0.613. The number of nitrogens with one attached hydrogen (secondary N) is 3. The quantitative estimate of drug-likeness (QED) is 0.427. The zero-order valence-corrected chi connectivity index (χ0v) is 13.7. The molecule has 0 aliphatic carbocycles. The lowest BCUT2D eigenvalue weighted by Gasteiger charge is -2.07. The fourth-order valence-corrected chi connectivity index (χ4v) is 2.39. The van der Waals surface area contributed by atoms with Gasteiger partial charge in [-0.3, -0.25) is 19.4 Å². The van der Waals surface area contributed by atoms with Gasteiger partial charge in [-0.15, -0.1) is 0 Å². The molecule has 0 spiro atoms. The lowest BCUT2D eigenvalue weighted by molar-refractivity contribution is -0.118. The van der Waals surface area contributed by atoms with Crippen LogP contribution in [0.2, 0.25) is 0 Å². The average molecular weight is 351 g/mol. The zero-order chi connectivity index (χ0) is 17.5. The summed E-state index contributed by atoms with van der Waals surface area (Å²) < 4.78 is 4.93. The summed E-state index contributed by atoms with van der Waals surface area (Å²) in [5.74, 6) is -0.785. The van der Waals surface area contributed by atoms with Crippen molar-refractivity contribution in [2.24, 2.45) is 0 Å². The van der Waals surface area contributed by atoms with Crippen LogP contribution in [0.25, 0.3) is 0 Å². The van der Waals surface area contributed by atoms with Crippen LogP contribution in [-0.4, -0.2) is 34.1 Å². The van der Waals surface area contributed by atoms with Crippen molar-refractivity contribution < 1.29 is 14.0 Å². The van der Waals surface area contributed by atoms with Crippen LogP contribution in [0, 0.1) is 0 Å². The Morgan fingerprint density at radius 3 is 2.88 bits per heavy atom. The third-order valence-corrected chi connectivity index (χ3v) is 3.69. The minimum absolute atomic E-state index is 0.0415. The van der Waals surface area contributed by atoms with Crippen molar-refractivity contribution in [3.05, 3.63) is 34.5 Å². The Labute approximate surface area is 141 Å². The zero-order valence-electron chi connectivity index (χ0n) is 12.9. The number of rotatable bonds is 7. The van der Waals surface area contributed by atoms with Gasteiger partial charge in [0, 0.05) is 6.54 Å². The third kappa shape index (κ3) is 4.62. The number of nitrogens with zero attached hydrogens (tertiary/aromatic N) is 1. The molecule has 2 rings (SSSR count). The summed E-state index contributed by atoms with van der Waals surface area (Å²) in [5.41, 5.74) is 4.94. The van der Waals surface area contributed by atoms with E-state index in [9.17, 15) is 14.4 Å². The van der Waals surface area contributed by atoms with E-state index in [1.165, 1.54) is 12.3 Å². The van der Waals surface area contributed by atoms with Crippen LogP contribution in [0.1, 0.15) is 23.9 Å². The molecule has 0 aliphatic heterocycles. The SMILES string of the molecule is CCCNC(=O)CSc1nc(N)c(NC(=O)c2ccco2)c(=O)[nH]1. The number of hydrogen-bond acceptors (Lipinski definition) is 7.